The number of hydrogen-bond donors (Lipinski definition) is 1. The molecule has 0 amide bonds. The van der Waals surface area contributed by atoms with E-state index >= 15 is 0 Å². The predicted octanol–water partition coefficient (Wildman–Crippen LogP) is 4.07. The maximum Gasteiger partial charge on any atom is 0.0659 e. The van der Waals surface area contributed by atoms with E-state index in [4.69, 9.17) is 0 Å². The molecular weight excluding hydrogens is 246 g/mol. The summed E-state index contributed by atoms with van der Waals surface area (Å²) in [5, 5.41) is 7.92. The van der Waals surface area contributed by atoms with Crippen LogP contribution in [0.5, 0.6) is 0 Å². The van der Waals surface area contributed by atoms with Crippen molar-refractivity contribution >= 4 is 5.69 Å². The Morgan fingerprint density at radius 3 is 2.45 bits per heavy atom. The van der Waals surface area contributed by atoms with E-state index in [1.807, 2.05) is 23.1 Å². The molecule has 0 radical (unpaired) electrons. The molecule has 2 aromatic rings. The van der Waals surface area contributed by atoms with E-state index in [-0.39, 0.29) is 0 Å². The lowest BCUT2D eigenvalue weighted by Gasteiger charge is -2.17. The second-order valence-electron chi connectivity index (χ2n) is 5.73. The first-order valence-electron chi connectivity index (χ1n) is 7.73. The zero-order chi connectivity index (χ0) is 13.6. The first-order chi connectivity index (χ1) is 9.90. The van der Waals surface area contributed by atoms with E-state index in [9.17, 15) is 0 Å². The zero-order valence-corrected chi connectivity index (χ0v) is 12.0. The van der Waals surface area contributed by atoms with Crippen molar-refractivity contribution in [1.82, 2.24) is 9.78 Å². The van der Waals surface area contributed by atoms with Crippen LogP contribution in [0.4, 0.5) is 5.69 Å². The van der Waals surface area contributed by atoms with Crippen LogP contribution in [0, 0.1) is 0 Å². The molecule has 1 fully saturated rings. The Balaban J connectivity index is 1.58. The third-order valence-corrected chi connectivity index (χ3v) is 4.08. The Hall–Kier alpha value is -1.77. The van der Waals surface area contributed by atoms with Gasteiger partial charge in [-0.3, -0.25) is 4.68 Å². The van der Waals surface area contributed by atoms with Crippen LogP contribution >= 0.6 is 0 Å². The third kappa shape index (κ3) is 3.62. The fraction of sp³-hybridized carbons (Fsp3) is 0.471. The number of nitrogens with zero attached hydrogens (tertiary/aromatic N) is 2. The number of aromatic nitrogens is 2. The lowest BCUT2D eigenvalue weighted by molar-refractivity contribution is 0.620. The number of benzene rings is 1. The molecule has 1 aliphatic carbocycles. The van der Waals surface area contributed by atoms with Crippen LogP contribution in [0.25, 0.3) is 0 Å². The molecule has 0 unspecified atom stereocenters. The summed E-state index contributed by atoms with van der Waals surface area (Å²) >= 11 is 0. The number of nitrogens with one attached hydrogen (secondary N) is 1. The zero-order valence-electron chi connectivity index (χ0n) is 12.0. The van der Waals surface area contributed by atoms with Gasteiger partial charge in [-0.1, -0.05) is 37.8 Å². The lowest BCUT2D eigenvalue weighted by Crippen LogP contribution is -2.18. The van der Waals surface area contributed by atoms with Crippen LogP contribution in [0.1, 0.15) is 44.1 Å². The van der Waals surface area contributed by atoms with Gasteiger partial charge in [0.05, 0.1) is 6.54 Å². The maximum absolute atomic E-state index is 4.24. The van der Waals surface area contributed by atoms with Crippen LogP contribution < -0.4 is 5.32 Å². The molecule has 1 N–H and O–H groups in total. The van der Waals surface area contributed by atoms with Gasteiger partial charge in [0, 0.05) is 24.1 Å². The summed E-state index contributed by atoms with van der Waals surface area (Å²) in [4.78, 5) is 0. The fourth-order valence-corrected chi connectivity index (χ4v) is 2.95. The number of hydrogen-bond acceptors (Lipinski definition) is 2. The molecule has 106 valence electrons. The largest absolute Gasteiger partial charge is 0.382 e. The van der Waals surface area contributed by atoms with Crippen LogP contribution in [0.2, 0.25) is 0 Å². The fourth-order valence-electron chi connectivity index (χ4n) is 2.95. The molecule has 0 aliphatic heterocycles. The van der Waals surface area contributed by atoms with Crippen LogP contribution in [0.15, 0.2) is 42.7 Å². The second-order valence-corrected chi connectivity index (χ2v) is 5.73. The molecular formula is C17H23N3. The minimum atomic E-state index is 0.662. The predicted molar refractivity (Wildman–Crippen MR) is 82.9 cm³/mol. The summed E-state index contributed by atoms with van der Waals surface area (Å²) in [6.07, 6.45) is 12.0. The molecule has 20 heavy (non-hydrogen) atoms. The Bertz CT molecular complexity index is 494. The van der Waals surface area contributed by atoms with E-state index in [0.717, 1.165) is 6.54 Å². The first-order valence-corrected chi connectivity index (χ1v) is 7.73. The molecule has 0 saturated heterocycles. The minimum Gasteiger partial charge on any atom is -0.382 e. The highest BCUT2D eigenvalue weighted by Crippen LogP contribution is 2.21. The molecule has 1 aromatic carbocycles. The summed E-state index contributed by atoms with van der Waals surface area (Å²) < 4.78 is 1.95. The maximum atomic E-state index is 4.24. The summed E-state index contributed by atoms with van der Waals surface area (Å²) in [5.41, 5.74) is 2.54. The molecule has 0 spiro atoms. The van der Waals surface area contributed by atoms with Crippen molar-refractivity contribution < 1.29 is 0 Å². The van der Waals surface area contributed by atoms with Gasteiger partial charge in [0.25, 0.3) is 0 Å². The SMILES string of the molecule is c1cnn(Cc2ccc(NC3CCCCCC3)cc2)c1. The smallest absolute Gasteiger partial charge is 0.0659 e. The van der Waals surface area contributed by atoms with Crippen LogP contribution in [-0.2, 0) is 6.54 Å². The summed E-state index contributed by atoms with van der Waals surface area (Å²) in [5.74, 6) is 0. The van der Waals surface area contributed by atoms with Gasteiger partial charge in [0.15, 0.2) is 0 Å². The van der Waals surface area contributed by atoms with Gasteiger partial charge >= 0.3 is 0 Å². The molecule has 1 aromatic heterocycles. The third-order valence-electron chi connectivity index (χ3n) is 4.08. The van der Waals surface area contributed by atoms with Crippen molar-refractivity contribution in [2.75, 3.05) is 5.32 Å². The summed E-state index contributed by atoms with van der Waals surface area (Å²) in [7, 11) is 0. The lowest BCUT2D eigenvalue weighted by atomic mass is 10.1. The van der Waals surface area contributed by atoms with Gasteiger partial charge < -0.3 is 5.32 Å². The molecule has 1 heterocycles. The van der Waals surface area contributed by atoms with E-state index < -0.39 is 0 Å². The highest BCUT2D eigenvalue weighted by atomic mass is 15.3. The van der Waals surface area contributed by atoms with Gasteiger partial charge in [0.1, 0.15) is 0 Å². The van der Waals surface area contributed by atoms with Gasteiger partial charge in [0.2, 0.25) is 0 Å². The Morgan fingerprint density at radius 2 is 1.80 bits per heavy atom. The van der Waals surface area contributed by atoms with Crippen molar-refractivity contribution in [3.8, 4) is 0 Å². The Morgan fingerprint density at radius 1 is 1.05 bits per heavy atom. The van der Waals surface area contributed by atoms with Crippen molar-refractivity contribution in [3.05, 3.63) is 48.3 Å². The van der Waals surface area contributed by atoms with Crippen molar-refractivity contribution in [1.29, 1.82) is 0 Å². The molecule has 0 atom stereocenters. The minimum absolute atomic E-state index is 0.662. The van der Waals surface area contributed by atoms with Gasteiger partial charge in [-0.2, -0.15) is 5.10 Å². The Kier molecular flexibility index (Phi) is 4.36. The topological polar surface area (TPSA) is 29.9 Å². The highest BCUT2D eigenvalue weighted by Gasteiger charge is 2.11. The van der Waals surface area contributed by atoms with E-state index in [1.165, 1.54) is 49.8 Å². The van der Waals surface area contributed by atoms with Gasteiger partial charge in [-0.25, -0.2) is 0 Å². The normalized spacial score (nSPS) is 16.8. The monoisotopic (exact) mass is 269 g/mol. The van der Waals surface area contributed by atoms with E-state index in [2.05, 4.69) is 34.7 Å². The van der Waals surface area contributed by atoms with E-state index in [1.54, 1.807) is 0 Å². The van der Waals surface area contributed by atoms with E-state index in [0.29, 0.717) is 6.04 Å². The number of rotatable bonds is 4. The van der Waals surface area contributed by atoms with Crippen molar-refractivity contribution in [2.45, 2.75) is 51.1 Å². The average molecular weight is 269 g/mol. The first kappa shape index (κ1) is 13.2. The van der Waals surface area contributed by atoms with Crippen molar-refractivity contribution in [3.63, 3.8) is 0 Å². The van der Waals surface area contributed by atoms with Crippen molar-refractivity contribution in [2.24, 2.45) is 0 Å². The van der Waals surface area contributed by atoms with Gasteiger partial charge in [-0.05, 0) is 36.6 Å². The molecule has 3 heteroatoms. The standard InChI is InChI=1S/C17H23N3/c1-2-4-7-16(6-3-1)19-17-10-8-15(9-11-17)14-20-13-5-12-18-20/h5,8-13,16,19H,1-4,6-7,14H2. The average Bonchev–Trinajstić information content (AvgIpc) is 2.84. The summed E-state index contributed by atoms with van der Waals surface area (Å²) in [6.45, 7) is 0.844. The molecule has 3 nitrogen and oxygen atoms in total. The van der Waals surface area contributed by atoms with Crippen LogP contribution in [0.3, 0.4) is 0 Å². The van der Waals surface area contributed by atoms with Gasteiger partial charge in [-0.15, -0.1) is 0 Å². The molecule has 3 rings (SSSR count). The Labute approximate surface area is 121 Å². The second kappa shape index (κ2) is 6.60. The molecule has 1 aliphatic rings. The molecule has 1 saturated carbocycles. The number of anilines is 1. The molecule has 0 bridgehead atoms. The van der Waals surface area contributed by atoms with Crippen LogP contribution in [-0.4, -0.2) is 15.8 Å². The highest BCUT2D eigenvalue weighted by molar-refractivity contribution is 5.45. The quantitative estimate of drug-likeness (QED) is 0.848. The summed E-state index contributed by atoms with van der Waals surface area (Å²) in [6, 6.07) is 11.4.